The zero-order valence-electron chi connectivity index (χ0n) is 11.7. The predicted octanol–water partition coefficient (Wildman–Crippen LogP) is 4.27. The number of urea groups is 1. The van der Waals surface area contributed by atoms with Gasteiger partial charge in [0.15, 0.2) is 5.13 Å². The molecule has 1 aliphatic heterocycles. The van der Waals surface area contributed by atoms with Crippen molar-refractivity contribution < 1.29 is 4.79 Å². The average Bonchev–Trinajstić information content (AvgIpc) is 2.79. The quantitative estimate of drug-likeness (QED) is 0.863. The number of rotatable bonds is 2. The Morgan fingerprint density at radius 3 is 2.81 bits per heavy atom. The first-order valence-corrected chi connectivity index (χ1v) is 8.57. The highest BCUT2D eigenvalue weighted by molar-refractivity contribution is 9.10. The van der Waals surface area contributed by atoms with E-state index in [0.29, 0.717) is 6.54 Å². The number of thiazole rings is 1. The third kappa shape index (κ3) is 3.11. The maximum atomic E-state index is 12.4. The second-order valence-electron chi connectivity index (χ2n) is 5.08. The Balaban J connectivity index is 2.01. The van der Waals surface area contributed by atoms with Crippen LogP contribution < -0.4 is 10.2 Å². The molecule has 1 atom stereocenters. The van der Waals surface area contributed by atoms with Gasteiger partial charge in [-0.15, -0.1) is 11.3 Å². The molecule has 1 aliphatic rings. The van der Waals surface area contributed by atoms with Gasteiger partial charge in [-0.2, -0.15) is 0 Å². The molecule has 1 aromatic heterocycles. The lowest BCUT2D eigenvalue weighted by Crippen LogP contribution is -2.40. The summed E-state index contributed by atoms with van der Waals surface area (Å²) in [6.07, 6.45) is 1.90. The average molecular weight is 366 g/mol. The standard InChI is InChI=1S/C15H16BrN3OS/c1-10-9-21-15(18-10)19-13(3-2-8-17-14(19)20)11-4-6-12(16)7-5-11/h4-7,9,13H,2-3,8H2,1H3,(H,17,20). The van der Waals surface area contributed by atoms with E-state index in [1.807, 2.05) is 24.4 Å². The Labute approximate surface area is 136 Å². The Morgan fingerprint density at radius 1 is 1.38 bits per heavy atom. The SMILES string of the molecule is Cc1csc(N2C(=O)NCCCC2c2ccc(Br)cc2)n1. The number of nitrogens with zero attached hydrogens (tertiary/aromatic N) is 2. The smallest absolute Gasteiger partial charge is 0.324 e. The zero-order valence-corrected chi connectivity index (χ0v) is 14.1. The molecular formula is C15H16BrN3OS. The number of hydrogen-bond donors (Lipinski definition) is 1. The van der Waals surface area contributed by atoms with Gasteiger partial charge < -0.3 is 5.32 Å². The molecule has 2 aromatic rings. The van der Waals surface area contributed by atoms with Crippen molar-refractivity contribution in [3.8, 4) is 0 Å². The normalized spacial score (nSPS) is 19.2. The summed E-state index contributed by atoms with van der Waals surface area (Å²) in [7, 11) is 0. The van der Waals surface area contributed by atoms with E-state index in [4.69, 9.17) is 0 Å². The molecule has 2 heterocycles. The number of benzene rings is 1. The van der Waals surface area contributed by atoms with E-state index in [-0.39, 0.29) is 12.1 Å². The number of nitrogens with one attached hydrogen (secondary N) is 1. The summed E-state index contributed by atoms with van der Waals surface area (Å²) >= 11 is 4.97. The Kier molecular flexibility index (Phi) is 4.26. The molecule has 0 spiro atoms. The Morgan fingerprint density at radius 2 is 2.14 bits per heavy atom. The third-order valence-electron chi connectivity index (χ3n) is 3.53. The molecule has 1 aromatic carbocycles. The number of hydrogen-bond acceptors (Lipinski definition) is 3. The van der Waals surface area contributed by atoms with Crippen LogP contribution in [0.25, 0.3) is 0 Å². The van der Waals surface area contributed by atoms with Gasteiger partial charge in [0, 0.05) is 16.4 Å². The van der Waals surface area contributed by atoms with Crippen LogP contribution >= 0.6 is 27.3 Å². The molecule has 4 nitrogen and oxygen atoms in total. The minimum atomic E-state index is -0.0604. The van der Waals surface area contributed by atoms with Crippen molar-refractivity contribution in [1.29, 1.82) is 0 Å². The second-order valence-corrected chi connectivity index (χ2v) is 6.84. The fourth-order valence-corrected chi connectivity index (χ4v) is 3.63. The highest BCUT2D eigenvalue weighted by atomic mass is 79.9. The van der Waals surface area contributed by atoms with Crippen molar-refractivity contribution in [2.75, 3.05) is 11.4 Å². The van der Waals surface area contributed by atoms with Crippen molar-refractivity contribution in [2.24, 2.45) is 0 Å². The molecule has 110 valence electrons. The molecule has 0 bridgehead atoms. The van der Waals surface area contributed by atoms with Gasteiger partial charge in [0.2, 0.25) is 0 Å². The van der Waals surface area contributed by atoms with E-state index in [0.717, 1.165) is 33.7 Å². The van der Waals surface area contributed by atoms with Gasteiger partial charge in [-0.05, 0) is 37.5 Å². The highest BCUT2D eigenvalue weighted by Crippen LogP contribution is 2.34. The van der Waals surface area contributed by atoms with Gasteiger partial charge in [-0.3, -0.25) is 4.90 Å². The summed E-state index contributed by atoms with van der Waals surface area (Å²) in [6.45, 7) is 2.66. The molecule has 2 amide bonds. The van der Waals surface area contributed by atoms with Crippen molar-refractivity contribution in [1.82, 2.24) is 10.3 Å². The summed E-state index contributed by atoms with van der Waals surface area (Å²) in [5.74, 6) is 0. The summed E-state index contributed by atoms with van der Waals surface area (Å²) in [5.41, 5.74) is 2.09. The molecule has 3 rings (SSSR count). The van der Waals surface area contributed by atoms with E-state index in [2.05, 4.69) is 38.4 Å². The maximum Gasteiger partial charge on any atom is 0.324 e. The number of carbonyl (C=O) groups excluding carboxylic acids is 1. The van der Waals surface area contributed by atoms with E-state index in [9.17, 15) is 4.79 Å². The largest absolute Gasteiger partial charge is 0.338 e. The van der Waals surface area contributed by atoms with Crippen molar-refractivity contribution >= 4 is 38.4 Å². The number of aromatic nitrogens is 1. The number of anilines is 1. The molecule has 0 saturated carbocycles. The van der Waals surface area contributed by atoms with E-state index in [1.165, 1.54) is 11.3 Å². The summed E-state index contributed by atoms with van der Waals surface area (Å²) < 4.78 is 1.04. The molecule has 1 unspecified atom stereocenters. The van der Waals surface area contributed by atoms with Crippen LogP contribution in [0.4, 0.5) is 9.93 Å². The van der Waals surface area contributed by atoms with E-state index in [1.54, 1.807) is 4.90 Å². The molecule has 1 N–H and O–H groups in total. The summed E-state index contributed by atoms with van der Waals surface area (Å²) in [6, 6.07) is 8.15. The second kappa shape index (κ2) is 6.15. The lowest BCUT2D eigenvalue weighted by atomic mass is 10.0. The van der Waals surface area contributed by atoms with Crippen molar-refractivity contribution in [3.05, 3.63) is 45.4 Å². The lowest BCUT2D eigenvalue weighted by Gasteiger charge is -2.27. The first kappa shape index (κ1) is 14.5. The Bertz CT molecular complexity index is 641. The van der Waals surface area contributed by atoms with Crippen LogP contribution in [0.3, 0.4) is 0 Å². The van der Waals surface area contributed by atoms with Gasteiger partial charge >= 0.3 is 6.03 Å². The van der Waals surface area contributed by atoms with Crippen LogP contribution in [0.1, 0.15) is 30.1 Å². The maximum absolute atomic E-state index is 12.4. The van der Waals surface area contributed by atoms with Crippen LogP contribution in [-0.4, -0.2) is 17.6 Å². The number of halogens is 1. The monoisotopic (exact) mass is 365 g/mol. The number of carbonyl (C=O) groups is 1. The molecule has 21 heavy (non-hydrogen) atoms. The molecular weight excluding hydrogens is 350 g/mol. The predicted molar refractivity (Wildman–Crippen MR) is 88.8 cm³/mol. The van der Waals surface area contributed by atoms with Crippen LogP contribution in [0.5, 0.6) is 0 Å². The molecule has 6 heteroatoms. The van der Waals surface area contributed by atoms with E-state index >= 15 is 0 Å². The first-order chi connectivity index (χ1) is 10.1. The van der Waals surface area contributed by atoms with Crippen LogP contribution in [-0.2, 0) is 0 Å². The Hall–Kier alpha value is -1.40. The third-order valence-corrected chi connectivity index (χ3v) is 5.02. The molecule has 1 fully saturated rings. The zero-order chi connectivity index (χ0) is 14.8. The van der Waals surface area contributed by atoms with Crippen molar-refractivity contribution in [3.63, 3.8) is 0 Å². The molecule has 0 radical (unpaired) electrons. The summed E-state index contributed by atoms with van der Waals surface area (Å²) in [4.78, 5) is 18.7. The number of amides is 2. The minimum Gasteiger partial charge on any atom is -0.338 e. The van der Waals surface area contributed by atoms with Crippen LogP contribution in [0.2, 0.25) is 0 Å². The molecule has 0 aliphatic carbocycles. The fraction of sp³-hybridized carbons (Fsp3) is 0.333. The van der Waals surface area contributed by atoms with Gasteiger partial charge in [-0.25, -0.2) is 9.78 Å². The fourth-order valence-electron chi connectivity index (χ4n) is 2.52. The van der Waals surface area contributed by atoms with Gasteiger partial charge in [-0.1, -0.05) is 28.1 Å². The number of aryl methyl sites for hydroxylation is 1. The first-order valence-electron chi connectivity index (χ1n) is 6.90. The lowest BCUT2D eigenvalue weighted by molar-refractivity contribution is 0.246. The van der Waals surface area contributed by atoms with Crippen LogP contribution in [0, 0.1) is 6.92 Å². The topological polar surface area (TPSA) is 45.2 Å². The van der Waals surface area contributed by atoms with Gasteiger partial charge in [0.05, 0.1) is 11.7 Å². The van der Waals surface area contributed by atoms with Crippen LogP contribution in [0.15, 0.2) is 34.1 Å². The summed E-state index contributed by atoms with van der Waals surface area (Å²) in [5, 5.41) is 5.70. The van der Waals surface area contributed by atoms with Crippen molar-refractivity contribution in [2.45, 2.75) is 25.8 Å². The highest BCUT2D eigenvalue weighted by Gasteiger charge is 2.30. The van der Waals surface area contributed by atoms with Gasteiger partial charge in [0.1, 0.15) is 0 Å². The van der Waals surface area contributed by atoms with Gasteiger partial charge in [0.25, 0.3) is 0 Å². The molecule has 1 saturated heterocycles. The minimum absolute atomic E-state index is 0.0335. The van der Waals surface area contributed by atoms with E-state index < -0.39 is 0 Å².